The van der Waals surface area contributed by atoms with E-state index in [1.807, 2.05) is 12.1 Å². The topological polar surface area (TPSA) is 83.1 Å². The molecule has 0 N–H and O–H groups in total. The number of benzene rings is 2. The van der Waals surface area contributed by atoms with E-state index in [0.29, 0.717) is 24.5 Å². The fraction of sp³-hybridized carbons (Fsp3) is 0.355. The Morgan fingerprint density at radius 3 is 2.71 bits per heavy atom. The normalized spacial score (nSPS) is 18.1. The van der Waals surface area contributed by atoms with Gasteiger partial charge >= 0.3 is 5.97 Å². The molecule has 6 rings (SSSR count). The summed E-state index contributed by atoms with van der Waals surface area (Å²) in [5.41, 5.74) is 2.41. The summed E-state index contributed by atoms with van der Waals surface area (Å²) in [4.78, 5) is 26.9. The third-order valence-electron chi connectivity index (χ3n) is 7.82. The van der Waals surface area contributed by atoms with Crippen LogP contribution in [0.25, 0.3) is 15.9 Å². The fourth-order valence-electron chi connectivity index (χ4n) is 5.45. The van der Waals surface area contributed by atoms with Crippen molar-refractivity contribution in [2.45, 2.75) is 38.5 Å². The maximum Gasteiger partial charge on any atom is 0.337 e. The first-order valence-electron chi connectivity index (χ1n) is 13.8. The molecule has 0 aliphatic carbocycles. The first-order valence-corrected chi connectivity index (χ1v) is 13.8. The number of pyridine rings is 1. The Morgan fingerprint density at radius 1 is 1.12 bits per heavy atom. The number of fused-ring (bicyclic) bond motifs is 1. The van der Waals surface area contributed by atoms with Crippen LogP contribution in [0.3, 0.4) is 0 Å². The van der Waals surface area contributed by atoms with Gasteiger partial charge in [0.05, 0.1) is 42.9 Å². The second-order valence-corrected chi connectivity index (χ2v) is 10.5. The van der Waals surface area contributed by atoms with Gasteiger partial charge in [-0.3, -0.25) is 0 Å². The van der Waals surface area contributed by atoms with Gasteiger partial charge in [-0.05, 0) is 61.2 Å². The smallest absolute Gasteiger partial charge is 0.337 e. The molecule has 4 aromatic rings. The lowest BCUT2D eigenvalue weighted by molar-refractivity contribution is -0.0590. The van der Waals surface area contributed by atoms with E-state index in [2.05, 4.69) is 19.3 Å². The molecule has 0 spiro atoms. The van der Waals surface area contributed by atoms with Crippen LogP contribution in [0.5, 0.6) is 5.75 Å². The van der Waals surface area contributed by atoms with Crippen molar-refractivity contribution in [1.82, 2.24) is 14.5 Å². The second kappa shape index (κ2) is 11.7. The predicted octanol–water partition coefficient (Wildman–Crippen LogP) is 5.48. The summed E-state index contributed by atoms with van der Waals surface area (Å²) >= 11 is 0. The molecule has 4 heterocycles. The zero-order valence-corrected chi connectivity index (χ0v) is 23.1. The maximum absolute atomic E-state index is 14.6. The maximum atomic E-state index is 14.6. The Kier molecular flexibility index (Phi) is 7.71. The van der Waals surface area contributed by atoms with Crippen molar-refractivity contribution in [3.63, 3.8) is 0 Å². The standard InChI is InChI=1S/C31H29F2N5O4/c1-34-21-4-7-28(24(33)15-21)42-18-26-23(32)5-8-29(36-26)37-11-9-19(16-37)13-30-35-25-6-3-20(31(39)40-2)14-27(25)38(30)17-22-10-12-41-22/h3-8,14-15,19,22H,9-13,16-18H2,2H3/t19-,22-/m0/s1. The molecule has 2 saturated heterocycles. The summed E-state index contributed by atoms with van der Waals surface area (Å²) < 4.78 is 47.1. The van der Waals surface area contributed by atoms with Crippen LogP contribution >= 0.6 is 0 Å². The summed E-state index contributed by atoms with van der Waals surface area (Å²) in [5, 5.41) is 0. The van der Waals surface area contributed by atoms with E-state index in [-0.39, 0.29) is 35.8 Å². The van der Waals surface area contributed by atoms with Crippen LogP contribution < -0.4 is 9.64 Å². The van der Waals surface area contributed by atoms with Gasteiger partial charge in [-0.25, -0.2) is 28.4 Å². The zero-order chi connectivity index (χ0) is 29.2. The summed E-state index contributed by atoms with van der Waals surface area (Å²) in [6, 6.07) is 12.3. The highest BCUT2D eigenvalue weighted by Crippen LogP contribution is 2.29. The van der Waals surface area contributed by atoms with Gasteiger partial charge in [0.1, 0.15) is 29.8 Å². The van der Waals surface area contributed by atoms with E-state index in [4.69, 9.17) is 25.8 Å². The third kappa shape index (κ3) is 5.63. The average Bonchev–Trinajstić information content (AvgIpc) is 3.58. The van der Waals surface area contributed by atoms with Gasteiger partial charge in [0, 0.05) is 26.1 Å². The monoisotopic (exact) mass is 573 g/mol. The first-order chi connectivity index (χ1) is 20.4. The van der Waals surface area contributed by atoms with E-state index in [1.54, 1.807) is 12.1 Å². The number of hydrogen-bond acceptors (Lipinski definition) is 7. The van der Waals surface area contributed by atoms with Crippen molar-refractivity contribution < 1.29 is 27.8 Å². The quantitative estimate of drug-likeness (QED) is 0.194. The molecule has 0 saturated carbocycles. The Morgan fingerprint density at radius 2 is 1.98 bits per heavy atom. The number of aromatic nitrogens is 3. The van der Waals surface area contributed by atoms with Gasteiger partial charge < -0.3 is 23.7 Å². The Hall–Kier alpha value is -4.56. The van der Waals surface area contributed by atoms with E-state index in [0.717, 1.165) is 55.3 Å². The minimum absolute atomic E-state index is 0.0656. The van der Waals surface area contributed by atoms with Crippen LogP contribution in [0.2, 0.25) is 0 Å². The lowest BCUT2D eigenvalue weighted by atomic mass is 10.0. The van der Waals surface area contributed by atoms with Crippen molar-refractivity contribution in [3.8, 4) is 5.75 Å². The lowest BCUT2D eigenvalue weighted by Gasteiger charge is -2.28. The Labute approximate surface area is 241 Å². The van der Waals surface area contributed by atoms with Gasteiger partial charge in [0.15, 0.2) is 17.3 Å². The minimum atomic E-state index is -0.682. The molecule has 2 fully saturated rings. The second-order valence-electron chi connectivity index (χ2n) is 10.5. The van der Waals surface area contributed by atoms with Crippen molar-refractivity contribution in [1.29, 1.82) is 0 Å². The van der Waals surface area contributed by atoms with Gasteiger partial charge in [-0.1, -0.05) is 6.07 Å². The average molecular weight is 574 g/mol. The molecule has 0 bridgehead atoms. The van der Waals surface area contributed by atoms with Gasteiger partial charge in [0.25, 0.3) is 0 Å². The minimum Gasteiger partial charge on any atom is -0.484 e. The van der Waals surface area contributed by atoms with E-state index >= 15 is 0 Å². The van der Waals surface area contributed by atoms with Crippen molar-refractivity contribution >= 4 is 28.5 Å². The van der Waals surface area contributed by atoms with Crippen LogP contribution in [0, 0.1) is 24.1 Å². The number of carbonyl (C=O) groups excluding carboxylic acids is 1. The molecular formula is C31H29F2N5O4. The lowest BCUT2D eigenvalue weighted by Crippen LogP contribution is -2.32. The largest absolute Gasteiger partial charge is 0.484 e. The summed E-state index contributed by atoms with van der Waals surface area (Å²) in [6.07, 6.45) is 2.72. The number of halogens is 2. The van der Waals surface area contributed by atoms with Crippen LogP contribution in [-0.2, 0) is 29.0 Å². The molecule has 0 unspecified atom stereocenters. The molecule has 2 aliphatic heterocycles. The molecule has 42 heavy (non-hydrogen) atoms. The van der Waals surface area contributed by atoms with Gasteiger partial charge in [-0.15, -0.1) is 0 Å². The molecule has 0 amide bonds. The highest BCUT2D eigenvalue weighted by molar-refractivity contribution is 5.93. The number of anilines is 1. The van der Waals surface area contributed by atoms with E-state index in [1.165, 1.54) is 25.3 Å². The number of ether oxygens (including phenoxy) is 3. The van der Waals surface area contributed by atoms with Crippen LogP contribution in [0.15, 0.2) is 48.5 Å². The highest BCUT2D eigenvalue weighted by Gasteiger charge is 2.28. The van der Waals surface area contributed by atoms with E-state index < -0.39 is 17.6 Å². The number of nitrogens with zero attached hydrogens (tertiary/aromatic N) is 5. The SMILES string of the molecule is [C-]#[N+]c1ccc(OCc2nc(N3CC[C@@H](Cc4nc5ccc(C(=O)OC)cc5n4C[C@@H]4CCO4)C3)ccc2F)c(F)c1. The molecule has 2 atom stereocenters. The summed E-state index contributed by atoms with van der Waals surface area (Å²) in [6.45, 7) is 9.61. The zero-order valence-electron chi connectivity index (χ0n) is 23.1. The molecule has 11 heteroatoms. The molecule has 0 radical (unpaired) electrons. The number of esters is 1. The summed E-state index contributed by atoms with van der Waals surface area (Å²) in [5.74, 6) is 0.165. The van der Waals surface area contributed by atoms with Crippen molar-refractivity contribution in [2.24, 2.45) is 5.92 Å². The molecule has 216 valence electrons. The fourth-order valence-corrected chi connectivity index (χ4v) is 5.45. The van der Waals surface area contributed by atoms with E-state index in [9.17, 15) is 13.6 Å². The summed E-state index contributed by atoms with van der Waals surface area (Å²) in [7, 11) is 1.37. The molecule has 2 aromatic carbocycles. The van der Waals surface area contributed by atoms with Crippen molar-refractivity contribution in [3.05, 3.63) is 88.7 Å². The number of imidazole rings is 1. The molecular weight excluding hydrogens is 544 g/mol. The van der Waals surface area contributed by atoms with Crippen molar-refractivity contribution in [2.75, 3.05) is 31.7 Å². The number of methoxy groups -OCH3 is 1. The van der Waals surface area contributed by atoms with Gasteiger partial charge in [-0.2, -0.15) is 0 Å². The Bertz CT molecular complexity index is 1680. The van der Waals surface area contributed by atoms with Crippen LogP contribution in [-0.4, -0.2) is 53.4 Å². The van der Waals surface area contributed by atoms with Crippen LogP contribution in [0.1, 0.15) is 34.7 Å². The molecule has 9 nitrogen and oxygen atoms in total. The number of rotatable bonds is 9. The predicted molar refractivity (Wildman–Crippen MR) is 151 cm³/mol. The van der Waals surface area contributed by atoms with Crippen LogP contribution in [0.4, 0.5) is 20.3 Å². The third-order valence-corrected chi connectivity index (χ3v) is 7.82. The molecule has 2 aliphatic rings. The first kappa shape index (κ1) is 27.6. The number of hydrogen-bond donors (Lipinski definition) is 0. The highest BCUT2D eigenvalue weighted by atomic mass is 19.1. The van der Waals surface area contributed by atoms with Gasteiger partial charge in [0.2, 0.25) is 0 Å². The molecule has 2 aromatic heterocycles. The Balaban J connectivity index is 1.17. The number of carbonyl (C=O) groups is 1.